The van der Waals surface area contributed by atoms with Gasteiger partial charge in [0.05, 0.1) is 15.9 Å². The third-order valence-corrected chi connectivity index (χ3v) is 5.18. The van der Waals surface area contributed by atoms with Gasteiger partial charge in [-0.1, -0.05) is 0 Å². The maximum Gasteiger partial charge on any atom is 0.303 e. The molecule has 0 saturated carbocycles. The van der Waals surface area contributed by atoms with E-state index in [0.717, 1.165) is 45.9 Å². The summed E-state index contributed by atoms with van der Waals surface area (Å²) >= 11 is 5.19. The second-order valence-electron chi connectivity index (χ2n) is 8.06. The maximum absolute atomic E-state index is 11.9. The standard InChI is InChI=1S/C21H25N5O13S/c1-9(27)35-8-16-17(36-10(2)28)18(37-11(3)29)19(38-12(4)30)20(39-16)22-21(40)24-23-14-6-5-13(25(31)32)7-15(14)26(33)34/h5-7,16-20,23H,8H2,1-4H3,(H2,22,24,40)/t16-,17-,18+,19-,20-/m1/s1. The van der Waals surface area contributed by atoms with Crippen LogP contribution in [-0.2, 0) is 42.9 Å². The lowest BCUT2D eigenvalue weighted by Gasteiger charge is -2.44. The SMILES string of the molecule is CC(=O)OC[C@H]1O[C@@H](NC(=S)NNc2ccc([N+](=O)[O-])cc2[N+](=O)[O-])[C@H](OC(C)=O)[C@@H](OC(C)=O)[C@@H]1OC(C)=O. The highest BCUT2D eigenvalue weighted by atomic mass is 32.1. The molecule has 0 bridgehead atoms. The number of thiocarbonyl (C=S) groups is 1. The minimum absolute atomic E-state index is 0.193. The van der Waals surface area contributed by atoms with Crippen LogP contribution in [0.4, 0.5) is 17.1 Å². The number of nitrogens with zero attached hydrogens (tertiary/aromatic N) is 2. The number of non-ortho nitro benzene ring substituents is 1. The molecule has 1 fully saturated rings. The zero-order valence-electron chi connectivity index (χ0n) is 21.4. The predicted octanol–water partition coefficient (Wildman–Crippen LogP) is 0.377. The van der Waals surface area contributed by atoms with Crippen LogP contribution in [-0.4, -0.2) is 76.1 Å². The molecule has 0 aromatic heterocycles. The number of hydrazine groups is 1. The van der Waals surface area contributed by atoms with Gasteiger partial charge in [-0.25, -0.2) is 0 Å². The van der Waals surface area contributed by atoms with Gasteiger partial charge in [0, 0.05) is 33.8 Å². The number of nitro benzene ring substituents is 2. The third-order valence-electron chi connectivity index (χ3n) is 4.96. The predicted molar refractivity (Wildman–Crippen MR) is 134 cm³/mol. The molecule has 40 heavy (non-hydrogen) atoms. The Morgan fingerprint density at radius 1 is 0.900 bits per heavy atom. The Balaban J connectivity index is 2.33. The summed E-state index contributed by atoms with van der Waals surface area (Å²) < 4.78 is 26.7. The molecule has 0 radical (unpaired) electrons. The molecule has 1 heterocycles. The molecule has 1 aromatic rings. The molecular formula is C21H25N5O13S. The van der Waals surface area contributed by atoms with Crippen molar-refractivity contribution >= 4 is 58.3 Å². The van der Waals surface area contributed by atoms with Crippen molar-refractivity contribution in [3.8, 4) is 0 Å². The lowest BCUT2D eigenvalue weighted by Crippen LogP contribution is -2.67. The number of nitrogens with one attached hydrogen (secondary N) is 3. The molecule has 1 saturated heterocycles. The zero-order valence-corrected chi connectivity index (χ0v) is 22.3. The molecule has 1 aliphatic rings. The number of hydrogen-bond acceptors (Lipinski definition) is 15. The number of rotatable bonds is 10. The second kappa shape index (κ2) is 13.9. The molecule has 1 aromatic carbocycles. The van der Waals surface area contributed by atoms with Crippen LogP contribution in [0, 0.1) is 20.2 Å². The van der Waals surface area contributed by atoms with E-state index in [4.69, 9.17) is 35.9 Å². The molecule has 5 atom stereocenters. The molecule has 0 aliphatic carbocycles. The number of carbonyl (C=O) groups excluding carboxylic acids is 4. The van der Waals surface area contributed by atoms with Gasteiger partial charge in [-0.15, -0.1) is 0 Å². The van der Waals surface area contributed by atoms with Gasteiger partial charge in [0.1, 0.15) is 18.4 Å². The minimum atomic E-state index is -1.47. The molecule has 19 heteroatoms. The summed E-state index contributed by atoms with van der Waals surface area (Å²) in [6.45, 7) is 3.83. The fourth-order valence-corrected chi connectivity index (χ4v) is 3.69. The molecule has 2 rings (SSSR count). The van der Waals surface area contributed by atoms with Crippen LogP contribution in [0.2, 0.25) is 0 Å². The Kier molecular flexibility index (Phi) is 11.0. The van der Waals surface area contributed by atoms with E-state index in [0.29, 0.717) is 0 Å². The van der Waals surface area contributed by atoms with E-state index in [1.54, 1.807) is 0 Å². The Morgan fingerprint density at radius 2 is 1.48 bits per heavy atom. The highest BCUT2D eigenvalue weighted by molar-refractivity contribution is 7.80. The number of ether oxygens (including phenoxy) is 5. The summed E-state index contributed by atoms with van der Waals surface area (Å²) in [6, 6.07) is 2.83. The van der Waals surface area contributed by atoms with E-state index in [1.807, 2.05) is 0 Å². The first kappa shape index (κ1) is 31.6. The summed E-state index contributed by atoms with van der Waals surface area (Å²) in [6.07, 6.45) is -6.95. The summed E-state index contributed by atoms with van der Waals surface area (Å²) in [5.41, 5.74) is 3.50. The maximum atomic E-state index is 11.9. The van der Waals surface area contributed by atoms with Crippen LogP contribution in [0.15, 0.2) is 18.2 Å². The minimum Gasteiger partial charge on any atom is -0.463 e. The van der Waals surface area contributed by atoms with Crippen molar-refractivity contribution in [2.45, 2.75) is 58.3 Å². The van der Waals surface area contributed by atoms with Gasteiger partial charge in [-0.3, -0.25) is 50.3 Å². The van der Waals surface area contributed by atoms with E-state index in [-0.39, 0.29) is 10.8 Å². The van der Waals surface area contributed by atoms with Crippen LogP contribution in [0.5, 0.6) is 0 Å². The van der Waals surface area contributed by atoms with Crippen LogP contribution in [0.1, 0.15) is 27.7 Å². The molecule has 1 aliphatic heterocycles. The highest BCUT2D eigenvalue weighted by Gasteiger charge is 2.52. The first-order valence-corrected chi connectivity index (χ1v) is 11.7. The number of esters is 4. The van der Waals surface area contributed by atoms with Gasteiger partial charge in [-0.05, 0) is 18.3 Å². The van der Waals surface area contributed by atoms with Gasteiger partial charge in [0.2, 0.25) is 0 Å². The number of carbonyl (C=O) groups is 4. The quantitative estimate of drug-likeness (QED) is 0.110. The Hall–Kier alpha value is -4.65. The van der Waals surface area contributed by atoms with Crippen LogP contribution < -0.4 is 16.2 Å². The van der Waals surface area contributed by atoms with E-state index < -0.39 is 82.3 Å². The summed E-state index contributed by atoms with van der Waals surface area (Å²) in [4.78, 5) is 67.7. The van der Waals surface area contributed by atoms with Crippen molar-refractivity contribution in [2.24, 2.45) is 0 Å². The van der Waals surface area contributed by atoms with Crippen LogP contribution >= 0.6 is 12.2 Å². The van der Waals surface area contributed by atoms with E-state index in [1.165, 1.54) is 0 Å². The van der Waals surface area contributed by atoms with E-state index in [9.17, 15) is 39.4 Å². The van der Waals surface area contributed by atoms with Gasteiger partial charge in [0.25, 0.3) is 5.69 Å². The van der Waals surface area contributed by atoms with Gasteiger partial charge < -0.3 is 29.0 Å². The van der Waals surface area contributed by atoms with Gasteiger partial charge in [0.15, 0.2) is 29.7 Å². The van der Waals surface area contributed by atoms with Crippen molar-refractivity contribution in [2.75, 3.05) is 12.0 Å². The Labute approximate surface area is 230 Å². The normalized spacial score (nSPS) is 21.6. The van der Waals surface area contributed by atoms with Crippen LogP contribution in [0.25, 0.3) is 0 Å². The summed E-state index contributed by atoms with van der Waals surface area (Å²) in [7, 11) is 0. The van der Waals surface area contributed by atoms with Crippen molar-refractivity contribution in [3.63, 3.8) is 0 Å². The fraction of sp³-hybridized carbons (Fsp3) is 0.476. The molecule has 0 spiro atoms. The van der Waals surface area contributed by atoms with Gasteiger partial charge >= 0.3 is 29.6 Å². The van der Waals surface area contributed by atoms with E-state index >= 15 is 0 Å². The Morgan fingerprint density at radius 3 is 2.00 bits per heavy atom. The van der Waals surface area contributed by atoms with Crippen LogP contribution in [0.3, 0.4) is 0 Å². The number of nitro groups is 2. The van der Waals surface area contributed by atoms with Crippen molar-refractivity contribution in [1.82, 2.24) is 10.7 Å². The molecule has 218 valence electrons. The van der Waals surface area contributed by atoms with Crippen molar-refractivity contribution < 1.29 is 52.7 Å². The average molecular weight is 588 g/mol. The van der Waals surface area contributed by atoms with Crippen molar-refractivity contribution in [1.29, 1.82) is 0 Å². The monoisotopic (exact) mass is 587 g/mol. The zero-order chi connectivity index (χ0) is 30.1. The van der Waals surface area contributed by atoms with E-state index in [2.05, 4.69) is 16.2 Å². The Bertz CT molecular complexity index is 1200. The first-order chi connectivity index (χ1) is 18.7. The molecule has 18 nitrogen and oxygen atoms in total. The third kappa shape index (κ3) is 8.98. The molecule has 0 amide bonds. The number of anilines is 1. The summed E-state index contributed by atoms with van der Waals surface area (Å²) in [5, 5.41) is 24.6. The molecular weight excluding hydrogens is 562 g/mol. The lowest BCUT2D eigenvalue weighted by atomic mass is 9.97. The largest absolute Gasteiger partial charge is 0.463 e. The molecule has 0 unspecified atom stereocenters. The summed E-state index contributed by atoms with van der Waals surface area (Å²) in [5.74, 6) is -3.18. The number of benzene rings is 1. The first-order valence-electron chi connectivity index (χ1n) is 11.3. The smallest absolute Gasteiger partial charge is 0.303 e. The van der Waals surface area contributed by atoms with Gasteiger partial charge in [-0.2, -0.15) is 0 Å². The average Bonchev–Trinajstić information content (AvgIpc) is 2.84. The van der Waals surface area contributed by atoms with Crippen molar-refractivity contribution in [3.05, 3.63) is 38.4 Å². The topological polar surface area (TPSA) is 237 Å². The molecule has 3 N–H and O–H groups in total. The lowest BCUT2D eigenvalue weighted by molar-refractivity contribution is -0.393. The highest BCUT2D eigenvalue weighted by Crippen LogP contribution is 2.30. The number of hydrogen-bond donors (Lipinski definition) is 3. The fourth-order valence-electron chi connectivity index (χ4n) is 3.52. The second-order valence-corrected chi connectivity index (χ2v) is 8.47.